The molecule has 2 aromatic rings. The lowest BCUT2D eigenvalue weighted by Gasteiger charge is -2.34. The summed E-state index contributed by atoms with van der Waals surface area (Å²) in [6.45, 7) is 5.01. The zero-order chi connectivity index (χ0) is 29.9. The van der Waals surface area contributed by atoms with E-state index in [0.717, 1.165) is 5.56 Å². The Balaban J connectivity index is 1.83. The van der Waals surface area contributed by atoms with Crippen LogP contribution in [0.25, 0.3) is 0 Å². The first kappa shape index (κ1) is 31.3. The number of aliphatic hydroxyl groups excluding tert-OH is 1. The number of amides is 1. The molecule has 1 amide bonds. The fraction of sp³-hybridized carbons (Fsp3) is 0.419. The summed E-state index contributed by atoms with van der Waals surface area (Å²) in [6.07, 6.45) is 2.26. The predicted octanol–water partition coefficient (Wildman–Crippen LogP) is 3.78. The Hall–Kier alpha value is -4.18. The molecule has 1 heterocycles. The highest BCUT2D eigenvalue weighted by Gasteiger charge is 2.37. The van der Waals surface area contributed by atoms with E-state index in [1.54, 1.807) is 37.3 Å². The van der Waals surface area contributed by atoms with Crippen molar-refractivity contribution in [3.8, 4) is 11.5 Å². The lowest BCUT2D eigenvalue weighted by molar-refractivity contribution is -0.163. The molecule has 0 aromatic heterocycles. The smallest absolute Gasteiger partial charge is 0.341 e. The summed E-state index contributed by atoms with van der Waals surface area (Å²) in [5, 5.41) is 18.6. The van der Waals surface area contributed by atoms with Crippen LogP contribution in [0.15, 0.2) is 54.6 Å². The standard InChI is InChI=1S/C31H37NO9/c1-4-20(2)29(36)30(37)32-16-6-5-7-25(32)31(38)41-27(22-10-12-24(13-11-22)40-19-28(34)35)15-9-21-8-14-26(39-3)23(17-21)18-33/h8,10-14,17,25,27,33H,2,4-7,9,15-16,18-19H2,1,3H3,(H,34,35)/t25?,27-/m0/s1. The number of aryl methyl sites for hydroxylation is 1. The molecule has 1 fully saturated rings. The topological polar surface area (TPSA) is 140 Å². The van der Waals surface area contributed by atoms with E-state index in [0.29, 0.717) is 61.2 Å². The third-order valence-corrected chi connectivity index (χ3v) is 7.06. The van der Waals surface area contributed by atoms with Gasteiger partial charge in [-0.25, -0.2) is 9.59 Å². The SMILES string of the molecule is C=C(CC)C(=O)C(=O)N1CCCCC1C(=O)O[C@@H](CCc1ccc(OC)c(CO)c1)c1ccc(OCC(=O)O)cc1. The Morgan fingerprint density at radius 2 is 1.83 bits per heavy atom. The molecule has 1 unspecified atom stereocenters. The van der Waals surface area contributed by atoms with Gasteiger partial charge in [0.1, 0.15) is 23.6 Å². The van der Waals surface area contributed by atoms with Crippen molar-refractivity contribution in [1.82, 2.24) is 4.90 Å². The minimum Gasteiger partial charge on any atom is -0.496 e. The number of ether oxygens (including phenoxy) is 3. The molecule has 3 rings (SSSR count). The Morgan fingerprint density at radius 1 is 1.10 bits per heavy atom. The van der Waals surface area contributed by atoms with Crippen molar-refractivity contribution in [2.75, 3.05) is 20.3 Å². The van der Waals surface area contributed by atoms with E-state index < -0.39 is 42.4 Å². The number of ketones is 1. The third-order valence-electron chi connectivity index (χ3n) is 7.06. The van der Waals surface area contributed by atoms with Gasteiger partial charge in [0, 0.05) is 12.1 Å². The molecule has 2 N–H and O–H groups in total. The van der Waals surface area contributed by atoms with Crippen molar-refractivity contribution in [2.24, 2.45) is 0 Å². The highest BCUT2D eigenvalue weighted by molar-refractivity contribution is 6.42. The van der Waals surface area contributed by atoms with E-state index in [4.69, 9.17) is 19.3 Å². The van der Waals surface area contributed by atoms with Gasteiger partial charge in [0.05, 0.1) is 13.7 Å². The third kappa shape index (κ3) is 8.40. The molecule has 10 heteroatoms. The maximum absolute atomic E-state index is 13.5. The van der Waals surface area contributed by atoms with E-state index in [-0.39, 0.29) is 18.7 Å². The number of hydrogen-bond acceptors (Lipinski definition) is 8. The van der Waals surface area contributed by atoms with Crippen molar-refractivity contribution >= 4 is 23.6 Å². The molecule has 10 nitrogen and oxygen atoms in total. The molecule has 0 saturated carbocycles. The Bertz CT molecular complexity index is 1250. The number of likely N-dealkylation sites (tertiary alicyclic amines) is 1. The molecule has 220 valence electrons. The maximum atomic E-state index is 13.5. The number of aliphatic carboxylic acids is 1. The first-order valence-electron chi connectivity index (χ1n) is 13.6. The summed E-state index contributed by atoms with van der Waals surface area (Å²) >= 11 is 0. The van der Waals surface area contributed by atoms with Crippen LogP contribution >= 0.6 is 0 Å². The average molecular weight is 568 g/mol. The van der Waals surface area contributed by atoms with E-state index >= 15 is 0 Å². The lowest BCUT2D eigenvalue weighted by Crippen LogP contribution is -2.51. The van der Waals surface area contributed by atoms with Crippen molar-refractivity contribution in [3.63, 3.8) is 0 Å². The van der Waals surface area contributed by atoms with Gasteiger partial charge in [0.2, 0.25) is 5.78 Å². The monoisotopic (exact) mass is 567 g/mol. The van der Waals surface area contributed by atoms with Gasteiger partial charge in [-0.2, -0.15) is 0 Å². The summed E-state index contributed by atoms with van der Waals surface area (Å²) in [5.74, 6) is -2.23. The Labute approximate surface area is 239 Å². The zero-order valence-corrected chi connectivity index (χ0v) is 23.5. The van der Waals surface area contributed by atoms with E-state index in [2.05, 4.69) is 6.58 Å². The van der Waals surface area contributed by atoms with Gasteiger partial charge in [-0.05, 0) is 79.5 Å². The second-order valence-electron chi connectivity index (χ2n) is 9.82. The molecule has 2 aromatic carbocycles. The molecule has 2 atom stereocenters. The second kappa shape index (κ2) is 15.0. The second-order valence-corrected chi connectivity index (χ2v) is 9.82. The van der Waals surface area contributed by atoms with Gasteiger partial charge in [0.15, 0.2) is 6.61 Å². The minimum atomic E-state index is -1.10. The molecule has 41 heavy (non-hydrogen) atoms. The predicted molar refractivity (Wildman–Crippen MR) is 149 cm³/mol. The number of carbonyl (C=O) groups excluding carboxylic acids is 3. The first-order valence-corrected chi connectivity index (χ1v) is 13.6. The fourth-order valence-corrected chi connectivity index (χ4v) is 4.71. The number of piperidine rings is 1. The largest absolute Gasteiger partial charge is 0.496 e. The normalized spacial score (nSPS) is 15.5. The summed E-state index contributed by atoms with van der Waals surface area (Å²) in [4.78, 5) is 51.2. The minimum absolute atomic E-state index is 0.192. The Morgan fingerprint density at radius 3 is 2.46 bits per heavy atom. The molecule has 0 bridgehead atoms. The van der Waals surface area contributed by atoms with Gasteiger partial charge >= 0.3 is 11.9 Å². The van der Waals surface area contributed by atoms with E-state index in [9.17, 15) is 24.3 Å². The summed E-state index contributed by atoms with van der Waals surface area (Å²) in [7, 11) is 1.53. The number of hydrogen-bond donors (Lipinski definition) is 2. The molecular weight excluding hydrogens is 530 g/mol. The summed E-state index contributed by atoms with van der Waals surface area (Å²) in [6, 6.07) is 11.2. The highest BCUT2D eigenvalue weighted by atomic mass is 16.5. The molecule has 0 aliphatic carbocycles. The van der Waals surface area contributed by atoms with Gasteiger partial charge in [-0.15, -0.1) is 0 Å². The number of carboxylic acid groups (broad SMARTS) is 1. The van der Waals surface area contributed by atoms with Crippen molar-refractivity contribution < 1.29 is 43.6 Å². The van der Waals surface area contributed by atoms with Crippen LogP contribution in [0.2, 0.25) is 0 Å². The molecular formula is C31H37NO9. The molecule has 1 aliphatic rings. The maximum Gasteiger partial charge on any atom is 0.341 e. The number of aliphatic hydroxyl groups is 1. The molecule has 1 saturated heterocycles. The summed E-state index contributed by atoms with van der Waals surface area (Å²) < 4.78 is 16.5. The van der Waals surface area contributed by atoms with Crippen LogP contribution in [0.3, 0.4) is 0 Å². The van der Waals surface area contributed by atoms with E-state index in [1.165, 1.54) is 12.0 Å². The average Bonchev–Trinajstić information content (AvgIpc) is 3.00. The number of Topliss-reactive ketones (excluding diaryl/α,β-unsaturated/α-hetero) is 1. The number of rotatable bonds is 14. The van der Waals surface area contributed by atoms with Gasteiger partial charge in [-0.3, -0.25) is 9.59 Å². The number of carboxylic acids is 1. The van der Waals surface area contributed by atoms with Gasteiger partial charge < -0.3 is 29.3 Å². The van der Waals surface area contributed by atoms with Crippen LogP contribution in [0.1, 0.15) is 61.8 Å². The first-order chi connectivity index (χ1) is 19.7. The Kier molecular flexibility index (Phi) is 11.5. The van der Waals surface area contributed by atoms with Crippen LogP contribution in [0.5, 0.6) is 11.5 Å². The molecule has 0 spiro atoms. The molecule has 1 aliphatic heterocycles. The lowest BCUT2D eigenvalue weighted by atomic mass is 9.98. The van der Waals surface area contributed by atoms with Crippen LogP contribution in [-0.2, 0) is 36.9 Å². The number of benzene rings is 2. The van der Waals surface area contributed by atoms with E-state index in [1.807, 2.05) is 12.1 Å². The van der Waals surface area contributed by atoms with Crippen LogP contribution in [-0.4, -0.2) is 65.0 Å². The highest BCUT2D eigenvalue weighted by Crippen LogP contribution is 2.29. The van der Waals surface area contributed by atoms with Crippen molar-refractivity contribution in [2.45, 2.75) is 64.2 Å². The number of methoxy groups -OCH3 is 1. The number of nitrogens with zero attached hydrogens (tertiary/aromatic N) is 1. The van der Waals surface area contributed by atoms with Crippen LogP contribution in [0.4, 0.5) is 0 Å². The molecule has 0 radical (unpaired) electrons. The van der Waals surface area contributed by atoms with Gasteiger partial charge in [0.25, 0.3) is 5.91 Å². The van der Waals surface area contributed by atoms with Crippen LogP contribution < -0.4 is 9.47 Å². The quantitative estimate of drug-likeness (QED) is 0.198. The zero-order valence-electron chi connectivity index (χ0n) is 23.5. The fourth-order valence-electron chi connectivity index (χ4n) is 4.71. The number of esters is 1. The number of carbonyl (C=O) groups is 4. The van der Waals surface area contributed by atoms with Crippen molar-refractivity contribution in [3.05, 3.63) is 71.3 Å². The summed E-state index contributed by atoms with van der Waals surface area (Å²) in [5.41, 5.74) is 2.38. The van der Waals surface area contributed by atoms with Crippen LogP contribution in [0, 0.1) is 0 Å². The van der Waals surface area contributed by atoms with Crippen molar-refractivity contribution in [1.29, 1.82) is 0 Å². The van der Waals surface area contributed by atoms with Gasteiger partial charge in [-0.1, -0.05) is 31.7 Å².